The summed E-state index contributed by atoms with van der Waals surface area (Å²) in [4.78, 5) is 0. The molecule has 1 aliphatic heterocycles. The predicted octanol–water partition coefficient (Wildman–Crippen LogP) is 1.39. The number of hydrogen-bond donors (Lipinski definition) is 2. The lowest BCUT2D eigenvalue weighted by Gasteiger charge is -2.11. The molecule has 6 heteroatoms. The fourth-order valence-corrected chi connectivity index (χ4v) is 3.64. The average Bonchev–Trinajstić information content (AvgIpc) is 2.94. The van der Waals surface area contributed by atoms with Gasteiger partial charge in [0.15, 0.2) is 0 Å². The number of ether oxygens (including phenoxy) is 1. The Bertz CT molecular complexity index is 522. The molecule has 21 heavy (non-hydrogen) atoms. The van der Waals surface area contributed by atoms with Crippen molar-refractivity contribution in [2.24, 2.45) is 0 Å². The average molecular weight is 312 g/mol. The van der Waals surface area contributed by atoms with Gasteiger partial charge in [-0.05, 0) is 37.4 Å². The fourth-order valence-electron chi connectivity index (χ4n) is 2.48. The third kappa shape index (κ3) is 5.74. The molecule has 0 amide bonds. The zero-order valence-electron chi connectivity index (χ0n) is 12.5. The van der Waals surface area contributed by atoms with Crippen LogP contribution in [-0.4, -0.2) is 34.7 Å². The molecule has 0 bridgehead atoms. The molecule has 1 aliphatic rings. The zero-order chi connectivity index (χ0) is 15.1. The Morgan fingerprint density at radius 2 is 1.95 bits per heavy atom. The van der Waals surface area contributed by atoms with Gasteiger partial charge in [-0.15, -0.1) is 0 Å². The van der Waals surface area contributed by atoms with E-state index in [0.717, 1.165) is 43.5 Å². The van der Waals surface area contributed by atoms with Gasteiger partial charge in [-0.2, -0.15) is 0 Å². The second-order valence-electron chi connectivity index (χ2n) is 5.42. The smallest absolute Gasteiger partial charge is 0.215 e. The van der Waals surface area contributed by atoms with E-state index in [4.69, 9.17) is 4.74 Å². The molecule has 2 rings (SSSR count). The molecule has 1 aromatic rings. The Hall–Kier alpha value is -0.950. The third-order valence-electron chi connectivity index (χ3n) is 3.57. The van der Waals surface area contributed by atoms with Gasteiger partial charge in [-0.25, -0.2) is 13.1 Å². The number of nitrogens with one attached hydrogen (secondary N) is 2. The standard InChI is InChI=1S/C15H24N2O3S/c1-16-11-13-4-6-14(7-5-13)12-21(18,19)17-9-8-15-3-2-10-20-15/h4-7,15-17H,2-3,8-12H2,1H3. The molecule has 1 fully saturated rings. The number of rotatable bonds is 8. The van der Waals surface area contributed by atoms with Crippen LogP contribution in [0.2, 0.25) is 0 Å². The molecule has 0 spiro atoms. The summed E-state index contributed by atoms with van der Waals surface area (Å²) in [5, 5.41) is 3.06. The van der Waals surface area contributed by atoms with Crippen molar-refractivity contribution in [1.29, 1.82) is 0 Å². The first-order valence-electron chi connectivity index (χ1n) is 7.40. The van der Waals surface area contributed by atoms with E-state index in [1.54, 1.807) is 0 Å². The van der Waals surface area contributed by atoms with Crippen LogP contribution in [0.1, 0.15) is 30.4 Å². The molecule has 1 unspecified atom stereocenters. The second-order valence-corrected chi connectivity index (χ2v) is 7.23. The fraction of sp³-hybridized carbons (Fsp3) is 0.600. The van der Waals surface area contributed by atoms with Crippen LogP contribution in [0.25, 0.3) is 0 Å². The summed E-state index contributed by atoms with van der Waals surface area (Å²) in [6.07, 6.45) is 3.08. The van der Waals surface area contributed by atoms with Crippen LogP contribution in [-0.2, 0) is 27.1 Å². The van der Waals surface area contributed by atoms with Gasteiger partial charge < -0.3 is 10.1 Å². The highest BCUT2D eigenvalue weighted by Crippen LogP contribution is 2.14. The molecule has 1 aromatic carbocycles. The maximum Gasteiger partial charge on any atom is 0.215 e. The molecular weight excluding hydrogens is 288 g/mol. The van der Waals surface area contributed by atoms with Crippen LogP contribution >= 0.6 is 0 Å². The summed E-state index contributed by atoms with van der Waals surface area (Å²) < 4.78 is 32.2. The van der Waals surface area contributed by atoms with E-state index >= 15 is 0 Å². The van der Waals surface area contributed by atoms with Crippen molar-refractivity contribution in [3.05, 3.63) is 35.4 Å². The van der Waals surface area contributed by atoms with Crippen molar-refractivity contribution in [2.75, 3.05) is 20.2 Å². The third-order valence-corrected chi connectivity index (χ3v) is 4.93. The number of sulfonamides is 1. The first-order chi connectivity index (χ1) is 10.1. The van der Waals surface area contributed by atoms with Crippen LogP contribution in [0.4, 0.5) is 0 Å². The highest BCUT2D eigenvalue weighted by atomic mass is 32.2. The monoisotopic (exact) mass is 312 g/mol. The van der Waals surface area contributed by atoms with Crippen molar-refractivity contribution in [1.82, 2.24) is 10.0 Å². The van der Waals surface area contributed by atoms with E-state index in [1.807, 2.05) is 31.3 Å². The molecule has 5 nitrogen and oxygen atoms in total. The lowest BCUT2D eigenvalue weighted by Crippen LogP contribution is -2.28. The van der Waals surface area contributed by atoms with Crippen molar-refractivity contribution in [2.45, 2.75) is 37.7 Å². The van der Waals surface area contributed by atoms with Gasteiger partial charge in [0.05, 0.1) is 11.9 Å². The van der Waals surface area contributed by atoms with Crippen molar-refractivity contribution in [3.8, 4) is 0 Å². The first-order valence-corrected chi connectivity index (χ1v) is 9.05. The zero-order valence-corrected chi connectivity index (χ0v) is 13.3. The minimum Gasteiger partial charge on any atom is -0.378 e. The first kappa shape index (κ1) is 16.4. The van der Waals surface area contributed by atoms with Crippen LogP contribution < -0.4 is 10.0 Å². The summed E-state index contributed by atoms with van der Waals surface area (Å²) in [6, 6.07) is 7.64. The number of hydrogen-bond acceptors (Lipinski definition) is 4. The molecule has 0 saturated carbocycles. The Kier molecular flexibility index (Phi) is 6.17. The molecule has 1 saturated heterocycles. The highest BCUT2D eigenvalue weighted by molar-refractivity contribution is 7.88. The summed E-state index contributed by atoms with van der Waals surface area (Å²) in [5.41, 5.74) is 1.95. The quantitative estimate of drug-likeness (QED) is 0.761. The largest absolute Gasteiger partial charge is 0.378 e. The topological polar surface area (TPSA) is 67.4 Å². The normalized spacial score (nSPS) is 19.0. The van der Waals surface area contributed by atoms with Gasteiger partial charge in [0.2, 0.25) is 10.0 Å². The molecule has 1 atom stereocenters. The molecule has 2 N–H and O–H groups in total. The minimum atomic E-state index is -3.27. The molecule has 0 aliphatic carbocycles. The van der Waals surface area contributed by atoms with Crippen molar-refractivity contribution < 1.29 is 13.2 Å². The predicted molar refractivity (Wildman–Crippen MR) is 83.4 cm³/mol. The summed E-state index contributed by atoms with van der Waals surface area (Å²) >= 11 is 0. The summed E-state index contributed by atoms with van der Waals surface area (Å²) in [7, 11) is -1.39. The van der Waals surface area contributed by atoms with E-state index in [1.165, 1.54) is 0 Å². The van der Waals surface area contributed by atoms with E-state index < -0.39 is 10.0 Å². The van der Waals surface area contributed by atoms with Gasteiger partial charge in [0.1, 0.15) is 0 Å². The van der Waals surface area contributed by atoms with Crippen LogP contribution in [0.5, 0.6) is 0 Å². The van der Waals surface area contributed by atoms with E-state index in [-0.39, 0.29) is 11.9 Å². The summed E-state index contributed by atoms with van der Waals surface area (Å²) in [6.45, 7) is 2.04. The minimum absolute atomic E-state index is 0.0261. The second kappa shape index (κ2) is 7.89. The number of benzene rings is 1. The molecule has 0 radical (unpaired) electrons. The molecule has 118 valence electrons. The van der Waals surface area contributed by atoms with E-state index in [2.05, 4.69) is 10.0 Å². The Morgan fingerprint density at radius 3 is 2.57 bits per heavy atom. The van der Waals surface area contributed by atoms with Crippen LogP contribution in [0.15, 0.2) is 24.3 Å². The lowest BCUT2D eigenvalue weighted by molar-refractivity contribution is 0.105. The van der Waals surface area contributed by atoms with Gasteiger partial charge in [0, 0.05) is 19.7 Å². The van der Waals surface area contributed by atoms with Crippen LogP contribution in [0.3, 0.4) is 0 Å². The Labute approximate surface area is 127 Å². The lowest BCUT2D eigenvalue weighted by atomic mass is 10.1. The van der Waals surface area contributed by atoms with E-state index in [0.29, 0.717) is 6.54 Å². The maximum absolute atomic E-state index is 12.0. The molecule has 1 heterocycles. The van der Waals surface area contributed by atoms with Crippen molar-refractivity contribution in [3.63, 3.8) is 0 Å². The van der Waals surface area contributed by atoms with E-state index in [9.17, 15) is 8.42 Å². The van der Waals surface area contributed by atoms with Gasteiger partial charge in [0.25, 0.3) is 0 Å². The Morgan fingerprint density at radius 1 is 1.24 bits per heavy atom. The van der Waals surface area contributed by atoms with Gasteiger partial charge in [-0.3, -0.25) is 0 Å². The maximum atomic E-state index is 12.0. The van der Waals surface area contributed by atoms with Crippen molar-refractivity contribution >= 4 is 10.0 Å². The summed E-state index contributed by atoms with van der Waals surface area (Å²) in [5.74, 6) is 0.0261. The highest BCUT2D eigenvalue weighted by Gasteiger charge is 2.17. The van der Waals surface area contributed by atoms with Gasteiger partial charge >= 0.3 is 0 Å². The SMILES string of the molecule is CNCc1ccc(CS(=O)(=O)NCCC2CCCO2)cc1. The molecule has 0 aromatic heterocycles. The van der Waals surface area contributed by atoms with Gasteiger partial charge in [-0.1, -0.05) is 24.3 Å². The molecular formula is C15H24N2O3S. The Balaban J connectivity index is 1.79. The van der Waals surface area contributed by atoms with Crippen LogP contribution in [0, 0.1) is 0 Å².